The number of hydrogen-bond donors (Lipinski definition) is 1. The summed E-state index contributed by atoms with van der Waals surface area (Å²) in [6.45, 7) is 7.96. The zero-order valence-electron chi connectivity index (χ0n) is 12.9. The van der Waals surface area contributed by atoms with E-state index in [1.165, 1.54) is 6.42 Å². The van der Waals surface area contributed by atoms with Crippen molar-refractivity contribution in [2.45, 2.75) is 52.9 Å². The van der Waals surface area contributed by atoms with E-state index in [4.69, 9.17) is 5.11 Å². The molecule has 1 saturated heterocycles. The number of carbonyl (C=O) groups is 2. The Morgan fingerprint density at radius 3 is 2.20 bits per heavy atom. The number of aliphatic carboxylic acids is 1. The molecule has 2 aliphatic rings. The zero-order chi connectivity index (χ0) is 14.9. The highest BCUT2D eigenvalue weighted by atomic mass is 16.4. The van der Waals surface area contributed by atoms with Crippen molar-refractivity contribution in [2.75, 3.05) is 13.1 Å². The van der Waals surface area contributed by atoms with Crippen molar-refractivity contribution in [1.82, 2.24) is 4.90 Å². The molecule has 0 aromatic heterocycles. The number of piperidine rings is 1. The van der Waals surface area contributed by atoms with Crippen LogP contribution in [0, 0.1) is 23.2 Å². The van der Waals surface area contributed by atoms with Crippen LogP contribution in [0.25, 0.3) is 0 Å². The molecular formula is C16H27NO3. The van der Waals surface area contributed by atoms with Crippen molar-refractivity contribution >= 4 is 11.9 Å². The fourth-order valence-electron chi connectivity index (χ4n) is 4.14. The number of carboxylic acid groups (broad SMARTS) is 1. The SMILES string of the molecule is CC1CC(C(=O)N2CCC(C(=O)O)CC2)CC(C)(C)C1. The number of carbonyl (C=O) groups excluding carboxylic acids is 1. The Kier molecular flexibility index (Phi) is 4.40. The molecule has 114 valence electrons. The predicted molar refractivity (Wildman–Crippen MR) is 77.2 cm³/mol. The van der Waals surface area contributed by atoms with Gasteiger partial charge in [-0.15, -0.1) is 0 Å². The van der Waals surface area contributed by atoms with Crippen LogP contribution in [-0.2, 0) is 9.59 Å². The molecule has 1 heterocycles. The summed E-state index contributed by atoms with van der Waals surface area (Å²) in [7, 11) is 0. The smallest absolute Gasteiger partial charge is 0.306 e. The van der Waals surface area contributed by atoms with Crippen LogP contribution < -0.4 is 0 Å². The summed E-state index contributed by atoms with van der Waals surface area (Å²) in [4.78, 5) is 25.5. The monoisotopic (exact) mass is 281 g/mol. The van der Waals surface area contributed by atoms with E-state index < -0.39 is 5.97 Å². The molecule has 1 aliphatic carbocycles. The molecule has 2 unspecified atom stereocenters. The van der Waals surface area contributed by atoms with Crippen LogP contribution in [0.3, 0.4) is 0 Å². The van der Waals surface area contributed by atoms with Gasteiger partial charge in [-0.1, -0.05) is 20.8 Å². The number of carboxylic acids is 1. The molecule has 0 radical (unpaired) electrons. The number of rotatable bonds is 2. The van der Waals surface area contributed by atoms with Crippen molar-refractivity contribution in [3.8, 4) is 0 Å². The summed E-state index contributed by atoms with van der Waals surface area (Å²) in [5, 5.41) is 9.01. The molecule has 0 bridgehead atoms. The molecule has 2 fully saturated rings. The number of amides is 1. The molecule has 0 aromatic rings. The van der Waals surface area contributed by atoms with Crippen molar-refractivity contribution < 1.29 is 14.7 Å². The standard InChI is InChI=1S/C16H27NO3/c1-11-8-13(10-16(2,3)9-11)14(18)17-6-4-12(5-7-17)15(19)20/h11-13H,4-10H2,1-3H3,(H,19,20). The molecule has 1 N–H and O–H groups in total. The van der Waals surface area contributed by atoms with Crippen LogP contribution in [0.5, 0.6) is 0 Å². The molecule has 2 rings (SSSR count). The quantitative estimate of drug-likeness (QED) is 0.846. The first-order chi connectivity index (χ1) is 9.28. The van der Waals surface area contributed by atoms with Crippen LogP contribution in [0.15, 0.2) is 0 Å². The normalized spacial score (nSPS) is 31.1. The molecule has 4 heteroatoms. The first kappa shape index (κ1) is 15.3. The number of nitrogens with zero attached hydrogens (tertiary/aromatic N) is 1. The van der Waals surface area contributed by atoms with Gasteiger partial charge < -0.3 is 10.0 Å². The second kappa shape index (κ2) is 5.74. The molecule has 0 aromatic carbocycles. The first-order valence-corrected chi connectivity index (χ1v) is 7.80. The summed E-state index contributed by atoms with van der Waals surface area (Å²) in [5.41, 5.74) is 0.247. The maximum Gasteiger partial charge on any atom is 0.306 e. The maximum absolute atomic E-state index is 12.6. The summed E-state index contributed by atoms with van der Waals surface area (Å²) in [5.74, 6) is 0.0122. The van der Waals surface area contributed by atoms with Gasteiger partial charge in [-0.2, -0.15) is 0 Å². The summed E-state index contributed by atoms with van der Waals surface area (Å²) in [6, 6.07) is 0. The highest BCUT2D eigenvalue weighted by Gasteiger charge is 2.38. The molecule has 0 spiro atoms. The van der Waals surface area contributed by atoms with E-state index >= 15 is 0 Å². The van der Waals surface area contributed by atoms with Gasteiger partial charge in [0, 0.05) is 19.0 Å². The van der Waals surface area contributed by atoms with E-state index in [9.17, 15) is 9.59 Å². The van der Waals surface area contributed by atoms with Crippen LogP contribution in [0.2, 0.25) is 0 Å². The lowest BCUT2D eigenvalue weighted by molar-refractivity contribution is -0.147. The topological polar surface area (TPSA) is 57.6 Å². The van der Waals surface area contributed by atoms with E-state index in [-0.39, 0.29) is 23.2 Å². The average Bonchev–Trinajstić information content (AvgIpc) is 2.35. The largest absolute Gasteiger partial charge is 0.481 e. The fourth-order valence-corrected chi connectivity index (χ4v) is 4.14. The second-order valence-electron chi connectivity index (χ2n) is 7.55. The summed E-state index contributed by atoms with van der Waals surface area (Å²) in [6.07, 6.45) is 4.35. The van der Waals surface area contributed by atoms with Gasteiger partial charge in [0.2, 0.25) is 5.91 Å². The third-order valence-corrected chi connectivity index (χ3v) is 4.89. The second-order valence-corrected chi connectivity index (χ2v) is 7.55. The van der Waals surface area contributed by atoms with Crippen LogP contribution in [-0.4, -0.2) is 35.0 Å². The maximum atomic E-state index is 12.6. The lowest BCUT2D eigenvalue weighted by Crippen LogP contribution is -2.45. The molecule has 1 saturated carbocycles. The Morgan fingerprint density at radius 1 is 1.10 bits per heavy atom. The summed E-state index contributed by atoms with van der Waals surface area (Å²) < 4.78 is 0. The van der Waals surface area contributed by atoms with Gasteiger partial charge in [0.15, 0.2) is 0 Å². The minimum absolute atomic E-state index is 0.134. The molecule has 1 amide bonds. The highest BCUT2D eigenvalue weighted by molar-refractivity contribution is 5.79. The van der Waals surface area contributed by atoms with Gasteiger partial charge in [0.25, 0.3) is 0 Å². The van der Waals surface area contributed by atoms with E-state index in [0.29, 0.717) is 31.8 Å². The average molecular weight is 281 g/mol. The fraction of sp³-hybridized carbons (Fsp3) is 0.875. The third-order valence-electron chi connectivity index (χ3n) is 4.89. The van der Waals surface area contributed by atoms with Gasteiger partial charge in [-0.05, 0) is 43.4 Å². The van der Waals surface area contributed by atoms with Gasteiger partial charge in [-0.25, -0.2) is 0 Å². The minimum atomic E-state index is -0.718. The highest BCUT2D eigenvalue weighted by Crippen LogP contribution is 2.42. The molecule has 2 atom stereocenters. The van der Waals surface area contributed by atoms with E-state index in [2.05, 4.69) is 20.8 Å². The van der Waals surface area contributed by atoms with Gasteiger partial charge in [0.05, 0.1) is 5.92 Å². The van der Waals surface area contributed by atoms with Crippen LogP contribution in [0.4, 0.5) is 0 Å². The molecule has 1 aliphatic heterocycles. The van der Waals surface area contributed by atoms with E-state index in [0.717, 1.165) is 12.8 Å². The van der Waals surface area contributed by atoms with Gasteiger partial charge in [-0.3, -0.25) is 9.59 Å². The van der Waals surface area contributed by atoms with E-state index in [1.54, 1.807) is 0 Å². The zero-order valence-corrected chi connectivity index (χ0v) is 12.9. The predicted octanol–water partition coefficient (Wildman–Crippen LogP) is 2.77. The molecule has 20 heavy (non-hydrogen) atoms. The van der Waals surface area contributed by atoms with Crippen LogP contribution in [0.1, 0.15) is 52.9 Å². The van der Waals surface area contributed by atoms with E-state index in [1.807, 2.05) is 4.90 Å². The van der Waals surface area contributed by atoms with Gasteiger partial charge >= 0.3 is 5.97 Å². The molecular weight excluding hydrogens is 254 g/mol. The van der Waals surface area contributed by atoms with Crippen LogP contribution >= 0.6 is 0 Å². The van der Waals surface area contributed by atoms with Crippen molar-refractivity contribution in [2.24, 2.45) is 23.2 Å². The number of likely N-dealkylation sites (tertiary alicyclic amines) is 1. The Hall–Kier alpha value is -1.06. The van der Waals surface area contributed by atoms with Gasteiger partial charge in [0.1, 0.15) is 0 Å². The lowest BCUT2D eigenvalue weighted by atomic mass is 9.67. The van der Waals surface area contributed by atoms with Crippen molar-refractivity contribution in [3.63, 3.8) is 0 Å². The Bertz CT molecular complexity index is 383. The third kappa shape index (κ3) is 3.53. The van der Waals surface area contributed by atoms with Crippen molar-refractivity contribution in [3.05, 3.63) is 0 Å². The summed E-state index contributed by atoms with van der Waals surface area (Å²) >= 11 is 0. The Balaban J connectivity index is 1.93. The first-order valence-electron chi connectivity index (χ1n) is 7.80. The minimum Gasteiger partial charge on any atom is -0.481 e. The van der Waals surface area contributed by atoms with Crippen molar-refractivity contribution in [1.29, 1.82) is 0 Å². The molecule has 4 nitrogen and oxygen atoms in total. The Labute approximate surface area is 121 Å². The Morgan fingerprint density at radius 2 is 1.70 bits per heavy atom. The number of hydrogen-bond acceptors (Lipinski definition) is 2. The lowest BCUT2D eigenvalue weighted by Gasteiger charge is -2.41.